The summed E-state index contributed by atoms with van der Waals surface area (Å²) in [4.78, 5) is 15.2. The molecule has 0 amide bonds. The summed E-state index contributed by atoms with van der Waals surface area (Å²) >= 11 is 0. The topological polar surface area (TPSA) is 62.1 Å². The van der Waals surface area contributed by atoms with E-state index in [1.807, 2.05) is 0 Å². The molecular weight excluding hydrogens is 424 g/mol. The number of methoxy groups -OCH3 is 1. The molecule has 4 aliphatic carbocycles. The van der Waals surface area contributed by atoms with Crippen LogP contribution in [-0.4, -0.2) is 43.5 Å². The molecule has 2 saturated carbocycles. The first-order valence-electron chi connectivity index (χ1n) is 12.7. The fourth-order valence-electron chi connectivity index (χ4n) is 8.10. The Hall–Kier alpha value is -2.40. The number of hydrogen-bond donors (Lipinski definition) is 1. The summed E-state index contributed by atoms with van der Waals surface area (Å²) in [5.41, 5.74) is 6.86. The van der Waals surface area contributed by atoms with Crippen LogP contribution in [0.2, 0.25) is 0 Å². The van der Waals surface area contributed by atoms with Gasteiger partial charge >= 0.3 is 0 Å². The van der Waals surface area contributed by atoms with Gasteiger partial charge in [0.15, 0.2) is 5.78 Å². The zero-order chi connectivity index (χ0) is 24.3. The average molecular weight is 463 g/mol. The minimum atomic E-state index is -0.699. The second-order valence-corrected chi connectivity index (χ2v) is 11.2. The van der Waals surface area contributed by atoms with E-state index in [-0.39, 0.29) is 17.1 Å². The molecule has 0 aliphatic heterocycles. The number of oxime groups is 1. The van der Waals surface area contributed by atoms with Gasteiger partial charge < -0.3 is 14.8 Å². The molecule has 0 bridgehead atoms. The van der Waals surface area contributed by atoms with Crippen molar-refractivity contribution in [1.82, 2.24) is 0 Å². The van der Waals surface area contributed by atoms with Gasteiger partial charge in [0.1, 0.15) is 5.60 Å². The van der Waals surface area contributed by atoms with Crippen molar-refractivity contribution in [1.29, 1.82) is 0 Å². The van der Waals surface area contributed by atoms with E-state index in [2.05, 4.69) is 61.4 Å². The van der Waals surface area contributed by atoms with Gasteiger partial charge in [0.2, 0.25) is 0 Å². The monoisotopic (exact) mass is 462 g/mol. The zero-order valence-electron chi connectivity index (χ0n) is 21.2. The fourth-order valence-corrected chi connectivity index (χ4v) is 8.10. The number of anilines is 1. The van der Waals surface area contributed by atoms with Crippen molar-refractivity contribution in [2.24, 2.45) is 22.4 Å². The first kappa shape index (κ1) is 23.3. The van der Waals surface area contributed by atoms with Crippen LogP contribution in [0.3, 0.4) is 0 Å². The maximum atomic E-state index is 13.1. The summed E-state index contributed by atoms with van der Waals surface area (Å²) in [6, 6.07) is 8.99. The largest absolute Gasteiger partial charge is 0.411 e. The lowest BCUT2D eigenvalue weighted by Crippen LogP contribution is -2.56. The van der Waals surface area contributed by atoms with Gasteiger partial charge in [0, 0.05) is 38.2 Å². The van der Waals surface area contributed by atoms with E-state index in [0.717, 1.165) is 50.7 Å². The molecular formula is C29H38N2O3. The summed E-state index contributed by atoms with van der Waals surface area (Å²) in [5, 5.41) is 12.9. The van der Waals surface area contributed by atoms with E-state index in [4.69, 9.17) is 4.74 Å². The molecule has 182 valence electrons. The van der Waals surface area contributed by atoms with E-state index in [1.165, 1.54) is 22.4 Å². The number of hydrogen-bond acceptors (Lipinski definition) is 5. The molecule has 2 fully saturated rings. The van der Waals surface area contributed by atoms with Crippen LogP contribution in [0, 0.1) is 17.3 Å². The number of fused-ring (bicyclic) bond motifs is 4. The highest BCUT2D eigenvalue weighted by molar-refractivity contribution is 5.97. The van der Waals surface area contributed by atoms with Gasteiger partial charge in [-0.05, 0) is 98.6 Å². The van der Waals surface area contributed by atoms with Crippen molar-refractivity contribution in [3.05, 3.63) is 52.6 Å². The standard InChI is InChI=1S/C29H38N2O3/c1-18(32)29(34-5)15-14-26-24-12-8-20-16-21(30-33)9-13-23(20)27(24)25(17-28(26,29)2)19-6-10-22(11-7-19)31(3)4/h6-7,10-11,16,24-26,33H,8-9,12-15,17H2,1-5H3/b30-21+/t24?,25-,26?,28+,29+/m1/s1. The van der Waals surface area contributed by atoms with Crippen molar-refractivity contribution in [2.75, 3.05) is 26.1 Å². The van der Waals surface area contributed by atoms with Gasteiger partial charge in [-0.2, -0.15) is 0 Å². The summed E-state index contributed by atoms with van der Waals surface area (Å²) in [5.74, 6) is 1.36. The normalized spacial score (nSPS) is 36.0. The predicted octanol–water partition coefficient (Wildman–Crippen LogP) is 5.89. The van der Waals surface area contributed by atoms with Gasteiger partial charge in [0.25, 0.3) is 0 Å². The maximum absolute atomic E-state index is 13.1. The maximum Gasteiger partial charge on any atom is 0.162 e. The summed E-state index contributed by atoms with van der Waals surface area (Å²) < 4.78 is 6.16. The Morgan fingerprint density at radius 2 is 1.88 bits per heavy atom. The van der Waals surface area contributed by atoms with E-state index in [1.54, 1.807) is 19.6 Å². The highest BCUT2D eigenvalue weighted by Gasteiger charge is 2.65. The van der Waals surface area contributed by atoms with Gasteiger partial charge in [-0.3, -0.25) is 4.79 Å². The quantitative estimate of drug-likeness (QED) is 0.448. The Morgan fingerprint density at radius 1 is 1.15 bits per heavy atom. The molecule has 0 heterocycles. The van der Waals surface area contributed by atoms with Crippen LogP contribution in [-0.2, 0) is 9.53 Å². The van der Waals surface area contributed by atoms with E-state index in [9.17, 15) is 10.0 Å². The first-order chi connectivity index (χ1) is 16.3. The molecule has 34 heavy (non-hydrogen) atoms. The van der Waals surface area contributed by atoms with Crippen molar-refractivity contribution >= 4 is 17.2 Å². The number of Topliss-reactive ketones (excluding diaryl/α,β-unsaturated/α-hetero) is 1. The van der Waals surface area contributed by atoms with Gasteiger partial charge in [-0.15, -0.1) is 0 Å². The van der Waals surface area contributed by atoms with E-state index in [0.29, 0.717) is 11.8 Å². The van der Waals surface area contributed by atoms with Gasteiger partial charge in [-0.1, -0.05) is 29.8 Å². The van der Waals surface area contributed by atoms with Gasteiger partial charge in [0.05, 0.1) is 5.71 Å². The summed E-state index contributed by atoms with van der Waals surface area (Å²) in [7, 11) is 5.88. The number of ketones is 1. The fraction of sp³-hybridized carbons (Fsp3) is 0.586. The minimum absolute atomic E-state index is 0.177. The third kappa shape index (κ3) is 3.23. The van der Waals surface area contributed by atoms with Crippen LogP contribution in [0.25, 0.3) is 0 Å². The Labute approximate surface area is 203 Å². The Morgan fingerprint density at radius 3 is 2.50 bits per heavy atom. The Balaban J connectivity index is 1.68. The Kier molecular flexibility index (Phi) is 5.75. The lowest BCUT2D eigenvalue weighted by Gasteiger charge is -2.55. The lowest BCUT2D eigenvalue weighted by atomic mass is 9.50. The molecule has 0 saturated heterocycles. The van der Waals surface area contributed by atoms with Gasteiger partial charge in [-0.25, -0.2) is 0 Å². The zero-order valence-corrected chi connectivity index (χ0v) is 21.2. The molecule has 5 atom stereocenters. The van der Waals surface area contributed by atoms with Crippen molar-refractivity contribution in [3.8, 4) is 0 Å². The molecule has 0 aromatic heterocycles. The number of ether oxygens (including phenoxy) is 1. The average Bonchev–Trinajstić information content (AvgIpc) is 3.16. The smallest absolute Gasteiger partial charge is 0.162 e. The molecule has 5 rings (SSSR count). The third-order valence-electron chi connectivity index (χ3n) is 9.73. The second-order valence-electron chi connectivity index (χ2n) is 11.2. The molecule has 1 aromatic rings. The predicted molar refractivity (Wildman–Crippen MR) is 136 cm³/mol. The number of rotatable bonds is 4. The van der Waals surface area contributed by atoms with Crippen LogP contribution in [0.1, 0.15) is 70.3 Å². The number of nitrogens with zero attached hydrogens (tertiary/aromatic N) is 2. The van der Waals surface area contributed by atoms with Crippen LogP contribution in [0.15, 0.2) is 52.2 Å². The highest BCUT2D eigenvalue weighted by Crippen LogP contribution is 2.67. The minimum Gasteiger partial charge on any atom is -0.411 e. The summed E-state index contributed by atoms with van der Waals surface area (Å²) in [6.45, 7) is 4.06. The second kappa shape index (κ2) is 8.37. The molecule has 4 aliphatic rings. The molecule has 1 N–H and O–H groups in total. The first-order valence-corrected chi connectivity index (χ1v) is 12.7. The number of carbonyl (C=O) groups excluding carboxylic acids is 1. The third-order valence-corrected chi connectivity index (χ3v) is 9.73. The van der Waals surface area contributed by atoms with E-state index >= 15 is 0 Å². The van der Waals surface area contributed by atoms with Crippen LogP contribution < -0.4 is 4.90 Å². The SMILES string of the molecule is CO[C@]1(C(C)=O)CCC2C3CCC4=C/C(=N/O)CCC4=C3[C@@H](c3ccc(N(C)C)cc3)C[C@@]21C. The van der Waals surface area contributed by atoms with E-state index < -0.39 is 5.60 Å². The van der Waals surface area contributed by atoms with Crippen LogP contribution in [0.4, 0.5) is 5.69 Å². The molecule has 1 aromatic carbocycles. The van der Waals surface area contributed by atoms with Crippen molar-refractivity contribution in [2.45, 2.75) is 70.3 Å². The number of benzene rings is 1. The molecule has 5 heteroatoms. The van der Waals surface area contributed by atoms with Crippen LogP contribution >= 0.6 is 0 Å². The van der Waals surface area contributed by atoms with Crippen LogP contribution in [0.5, 0.6) is 0 Å². The van der Waals surface area contributed by atoms with Crippen molar-refractivity contribution in [3.63, 3.8) is 0 Å². The highest BCUT2D eigenvalue weighted by atomic mass is 16.5. The number of allylic oxidation sites excluding steroid dienone is 4. The number of carbonyl (C=O) groups is 1. The molecule has 0 spiro atoms. The molecule has 0 radical (unpaired) electrons. The van der Waals surface area contributed by atoms with Crippen molar-refractivity contribution < 1.29 is 14.7 Å². The lowest BCUT2D eigenvalue weighted by molar-refractivity contribution is -0.160. The molecule has 2 unspecified atom stereocenters. The summed E-state index contributed by atoms with van der Waals surface area (Å²) in [6.07, 6.45) is 8.73. The molecule has 5 nitrogen and oxygen atoms in total. The Bertz CT molecular complexity index is 1080.